The molecule has 6 nitrogen and oxygen atoms in total. The van der Waals surface area contributed by atoms with Crippen molar-refractivity contribution in [3.63, 3.8) is 0 Å². The largest absolute Gasteiger partial charge is 0.507 e. The van der Waals surface area contributed by atoms with Crippen LogP contribution in [0, 0.1) is 12.3 Å². The highest BCUT2D eigenvalue weighted by atomic mass is 16.5. The van der Waals surface area contributed by atoms with Gasteiger partial charge >= 0.3 is 0 Å². The lowest BCUT2D eigenvalue weighted by atomic mass is 9.77. The predicted molar refractivity (Wildman–Crippen MR) is 100 cm³/mol. The molecule has 1 aliphatic carbocycles. The molecule has 138 valence electrons. The van der Waals surface area contributed by atoms with Crippen LogP contribution in [0.1, 0.15) is 61.5 Å². The molecule has 1 saturated heterocycles. The monoisotopic (exact) mass is 363 g/mol. The van der Waals surface area contributed by atoms with Crippen LogP contribution >= 0.6 is 0 Å². The molecule has 2 atom stereocenters. The van der Waals surface area contributed by atoms with E-state index in [1.807, 2.05) is 6.92 Å². The fourth-order valence-electron chi connectivity index (χ4n) is 4.60. The van der Waals surface area contributed by atoms with Crippen molar-refractivity contribution in [1.29, 1.82) is 0 Å². The molecular weight excluding hydrogens is 342 g/mol. The third-order valence-electron chi connectivity index (χ3n) is 5.85. The van der Waals surface area contributed by atoms with E-state index in [4.69, 9.17) is 11.2 Å². The van der Waals surface area contributed by atoms with E-state index < -0.39 is 5.60 Å². The predicted octanol–water partition coefficient (Wildman–Crippen LogP) is 3.06. The van der Waals surface area contributed by atoms with Gasteiger partial charge in [0.15, 0.2) is 5.82 Å². The van der Waals surface area contributed by atoms with E-state index in [1.54, 1.807) is 18.2 Å². The van der Waals surface area contributed by atoms with Crippen LogP contribution in [-0.4, -0.2) is 32.1 Å². The van der Waals surface area contributed by atoms with Gasteiger partial charge in [-0.15, -0.1) is 16.6 Å². The van der Waals surface area contributed by atoms with Crippen LogP contribution in [0.15, 0.2) is 18.2 Å². The van der Waals surface area contributed by atoms with Gasteiger partial charge in [0.1, 0.15) is 11.4 Å². The number of phenols is 1. The van der Waals surface area contributed by atoms with Crippen LogP contribution in [0.3, 0.4) is 0 Å². The molecular formula is C21H21N3O3. The first-order valence-electron chi connectivity index (χ1n) is 9.30. The SMILES string of the molecule is C#Cc1ccc(-c2nnc(NC3CC(C)(O)C3)c3c2C2CCC3O2)c(O)c1. The van der Waals surface area contributed by atoms with Crippen molar-refractivity contribution in [2.75, 3.05) is 5.32 Å². The molecule has 27 heavy (non-hydrogen) atoms. The summed E-state index contributed by atoms with van der Waals surface area (Å²) in [5.74, 6) is 3.36. The zero-order chi connectivity index (χ0) is 18.8. The van der Waals surface area contributed by atoms with E-state index in [1.165, 1.54) is 0 Å². The maximum atomic E-state index is 10.4. The molecule has 2 aromatic rings. The summed E-state index contributed by atoms with van der Waals surface area (Å²) in [4.78, 5) is 0. The number of aromatic hydroxyl groups is 1. The summed E-state index contributed by atoms with van der Waals surface area (Å²) in [6.07, 6.45) is 8.68. The number of nitrogens with one attached hydrogen (secondary N) is 1. The van der Waals surface area contributed by atoms with Crippen molar-refractivity contribution in [3.05, 3.63) is 34.9 Å². The molecule has 5 rings (SSSR count). The van der Waals surface area contributed by atoms with Crippen LogP contribution in [0.25, 0.3) is 11.3 Å². The van der Waals surface area contributed by atoms with Crippen molar-refractivity contribution in [3.8, 4) is 29.4 Å². The van der Waals surface area contributed by atoms with Gasteiger partial charge in [-0.1, -0.05) is 5.92 Å². The number of nitrogens with zero attached hydrogens (tertiary/aromatic N) is 2. The van der Waals surface area contributed by atoms with Gasteiger partial charge in [0.05, 0.1) is 17.8 Å². The Morgan fingerprint density at radius 1 is 1.22 bits per heavy atom. The number of aliphatic hydroxyl groups is 1. The summed E-state index contributed by atoms with van der Waals surface area (Å²) in [7, 11) is 0. The number of fused-ring (bicyclic) bond motifs is 5. The molecule has 1 aromatic carbocycles. The third kappa shape index (κ3) is 2.58. The summed E-state index contributed by atoms with van der Waals surface area (Å²) in [5, 5.41) is 32.7. The van der Waals surface area contributed by atoms with E-state index >= 15 is 0 Å². The minimum Gasteiger partial charge on any atom is -0.507 e. The second-order valence-electron chi connectivity index (χ2n) is 8.04. The average Bonchev–Trinajstić information content (AvgIpc) is 3.23. The summed E-state index contributed by atoms with van der Waals surface area (Å²) in [6.45, 7) is 1.85. The number of aromatic nitrogens is 2. The number of terminal acetylenes is 1. The Balaban J connectivity index is 1.56. The molecule has 2 unspecified atom stereocenters. The lowest BCUT2D eigenvalue weighted by Crippen LogP contribution is -2.48. The maximum Gasteiger partial charge on any atom is 0.155 e. The fourth-order valence-corrected chi connectivity index (χ4v) is 4.60. The normalized spacial score (nSPS) is 30.5. The smallest absolute Gasteiger partial charge is 0.155 e. The van der Waals surface area contributed by atoms with Crippen molar-refractivity contribution >= 4 is 5.82 Å². The van der Waals surface area contributed by atoms with E-state index in [0.29, 0.717) is 29.7 Å². The molecule has 6 heteroatoms. The standard InChI is InChI=1S/C21H21N3O3/c1-3-11-4-5-13(14(25)8-11)19-17-15-6-7-16(27-15)18(17)20(24-23-19)22-12-9-21(2,26)10-12/h1,4-5,8,12,15-16,25-26H,6-7,9-10H2,2H3,(H,22,24). The van der Waals surface area contributed by atoms with Crippen LogP contribution in [0.5, 0.6) is 5.75 Å². The fraction of sp³-hybridized carbons (Fsp3) is 0.429. The average molecular weight is 363 g/mol. The Bertz CT molecular complexity index is 971. The van der Waals surface area contributed by atoms with Gasteiger partial charge in [-0.25, -0.2) is 0 Å². The van der Waals surface area contributed by atoms with E-state index in [0.717, 1.165) is 29.8 Å². The molecule has 2 aliphatic heterocycles. The van der Waals surface area contributed by atoms with Gasteiger partial charge in [-0.3, -0.25) is 0 Å². The first kappa shape index (κ1) is 16.5. The summed E-state index contributed by atoms with van der Waals surface area (Å²) < 4.78 is 6.12. The first-order valence-corrected chi connectivity index (χ1v) is 9.30. The molecule has 3 aliphatic rings. The van der Waals surface area contributed by atoms with E-state index in [2.05, 4.69) is 21.4 Å². The van der Waals surface area contributed by atoms with E-state index in [-0.39, 0.29) is 24.0 Å². The minimum absolute atomic E-state index is 0.00876. The molecule has 3 heterocycles. The molecule has 0 spiro atoms. The van der Waals surface area contributed by atoms with Gasteiger partial charge in [0.2, 0.25) is 0 Å². The summed E-state index contributed by atoms with van der Waals surface area (Å²) in [6, 6.07) is 5.34. The zero-order valence-electron chi connectivity index (χ0n) is 15.1. The van der Waals surface area contributed by atoms with Gasteiger partial charge < -0.3 is 20.3 Å². The van der Waals surface area contributed by atoms with E-state index in [9.17, 15) is 10.2 Å². The highest BCUT2D eigenvalue weighted by molar-refractivity contribution is 5.75. The number of ether oxygens (including phenoxy) is 1. The Morgan fingerprint density at radius 2 is 1.96 bits per heavy atom. The number of anilines is 1. The lowest BCUT2D eigenvalue weighted by molar-refractivity contribution is -0.0235. The molecule has 2 fully saturated rings. The van der Waals surface area contributed by atoms with Crippen molar-refractivity contribution < 1.29 is 14.9 Å². The van der Waals surface area contributed by atoms with Gasteiger partial charge in [0.25, 0.3) is 0 Å². The topological polar surface area (TPSA) is 87.5 Å². The highest BCUT2D eigenvalue weighted by Crippen LogP contribution is 2.55. The molecule has 0 amide bonds. The number of hydrogen-bond donors (Lipinski definition) is 3. The lowest BCUT2D eigenvalue weighted by Gasteiger charge is -2.41. The van der Waals surface area contributed by atoms with Crippen LogP contribution in [0.2, 0.25) is 0 Å². The minimum atomic E-state index is -0.603. The second-order valence-corrected chi connectivity index (χ2v) is 8.04. The molecule has 3 N–H and O–H groups in total. The van der Waals surface area contributed by atoms with Gasteiger partial charge in [-0.05, 0) is 50.8 Å². The first-order chi connectivity index (χ1) is 12.9. The summed E-state index contributed by atoms with van der Waals surface area (Å²) >= 11 is 0. The van der Waals surface area contributed by atoms with Crippen molar-refractivity contribution in [2.24, 2.45) is 0 Å². The molecule has 1 saturated carbocycles. The van der Waals surface area contributed by atoms with Crippen molar-refractivity contribution in [1.82, 2.24) is 10.2 Å². The van der Waals surface area contributed by atoms with Gasteiger partial charge in [0, 0.05) is 28.3 Å². The second kappa shape index (κ2) is 5.69. The number of rotatable bonds is 3. The zero-order valence-corrected chi connectivity index (χ0v) is 15.1. The summed E-state index contributed by atoms with van der Waals surface area (Å²) in [5.41, 5.74) is 3.35. The van der Waals surface area contributed by atoms with Crippen LogP contribution in [0.4, 0.5) is 5.82 Å². The highest BCUT2D eigenvalue weighted by Gasteiger charge is 2.45. The Hall–Kier alpha value is -2.62. The quantitative estimate of drug-likeness (QED) is 0.727. The van der Waals surface area contributed by atoms with Crippen LogP contribution < -0.4 is 5.32 Å². The third-order valence-corrected chi connectivity index (χ3v) is 5.85. The Kier molecular flexibility index (Phi) is 3.48. The molecule has 0 radical (unpaired) electrons. The molecule has 2 bridgehead atoms. The number of benzene rings is 1. The molecule has 1 aromatic heterocycles. The Morgan fingerprint density at radius 3 is 2.63 bits per heavy atom. The number of hydrogen-bond acceptors (Lipinski definition) is 6. The maximum absolute atomic E-state index is 10.4. The van der Waals surface area contributed by atoms with Crippen LogP contribution in [-0.2, 0) is 4.74 Å². The van der Waals surface area contributed by atoms with Crippen molar-refractivity contribution in [2.45, 2.75) is 56.5 Å². The number of phenolic OH excluding ortho intramolecular Hbond substituents is 1. The van der Waals surface area contributed by atoms with Gasteiger partial charge in [-0.2, -0.15) is 0 Å². The Labute approximate surface area is 157 Å².